The van der Waals surface area contributed by atoms with Gasteiger partial charge in [-0.15, -0.1) is 0 Å². The summed E-state index contributed by atoms with van der Waals surface area (Å²) in [5.74, 6) is 0.254. The van der Waals surface area contributed by atoms with E-state index >= 15 is 0 Å². The molecule has 1 aromatic rings. The van der Waals surface area contributed by atoms with Crippen LogP contribution in [0.1, 0.15) is 18.9 Å². The molecule has 0 radical (unpaired) electrons. The number of esters is 1. The monoisotopic (exact) mass is 343 g/mol. The second kappa shape index (κ2) is 11.0. The first-order chi connectivity index (χ1) is 11.1. The van der Waals surface area contributed by atoms with Crippen LogP contribution in [0.15, 0.2) is 24.3 Å². The van der Waals surface area contributed by atoms with Crippen LogP contribution in [-0.4, -0.2) is 46.7 Å². The van der Waals surface area contributed by atoms with Crippen molar-refractivity contribution < 1.29 is 28.7 Å². The summed E-state index contributed by atoms with van der Waals surface area (Å²) in [5.41, 5.74) is 0.841. The molecule has 8 heteroatoms. The summed E-state index contributed by atoms with van der Waals surface area (Å²) in [6.45, 7) is 2.08. The summed E-state index contributed by atoms with van der Waals surface area (Å²) >= 11 is 0.589. The van der Waals surface area contributed by atoms with Gasteiger partial charge in [0.1, 0.15) is 5.75 Å². The van der Waals surface area contributed by atoms with Gasteiger partial charge in [0.25, 0.3) is 0 Å². The van der Waals surface area contributed by atoms with Crippen LogP contribution in [-0.2, 0) is 20.7 Å². The van der Waals surface area contributed by atoms with Crippen LogP contribution in [0.25, 0.3) is 0 Å². The number of ether oxygens (including phenoxy) is 2. The molecule has 0 aliphatic carbocycles. The molecule has 0 spiro atoms. The van der Waals surface area contributed by atoms with E-state index in [2.05, 4.69) is 5.32 Å². The van der Waals surface area contributed by atoms with Crippen LogP contribution in [0.2, 0.25) is 0 Å². The predicted molar refractivity (Wildman–Crippen MR) is 86.1 cm³/mol. The fourth-order valence-corrected chi connectivity index (χ4v) is 2.13. The lowest BCUT2D eigenvalue weighted by atomic mass is 10.1. The quantitative estimate of drug-likeness (QED) is 0.182. The van der Waals surface area contributed by atoms with Gasteiger partial charge in [-0.2, -0.15) is 0 Å². The number of amides is 1. The smallest absolute Gasteiger partial charge is 0.312 e. The molecule has 1 amide bonds. The minimum Gasteiger partial charge on any atom is -0.427 e. The van der Waals surface area contributed by atoms with Crippen LogP contribution in [0.3, 0.4) is 0 Å². The number of aliphatic hydroxyl groups excluding tert-OH is 1. The van der Waals surface area contributed by atoms with Crippen LogP contribution in [0.5, 0.6) is 5.75 Å². The molecule has 2 atom stereocenters. The van der Waals surface area contributed by atoms with Gasteiger partial charge >= 0.3 is 5.97 Å². The molecule has 128 valence electrons. The molecule has 0 fully saturated rings. The summed E-state index contributed by atoms with van der Waals surface area (Å²) in [7, 11) is 0. The van der Waals surface area contributed by atoms with Crippen molar-refractivity contribution in [3.8, 4) is 5.75 Å². The average Bonchev–Trinajstić information content (AvgIpc) is 2.54. The lowest BCUT2D eigenvalue weighted by Gasteiger charge is -2.22. The van der Waals surface area contributed by atoms with E-state index in [1.165, 1.54) is 0 Å². The number of nitrogens with one attached hydrogen (secondary N) is 1. The van der Waals surface area contributed by atoms with E-state index in [-0.39, 0.29) is 12.2 Å². The van der Waals surface area contributed by atoms with E-state index in [1.807, 2.05) is 0 Å². The highest BCUT2D eigenvalue weighted by Gasteiger charge is 2.19. The molecule has 0 bridgehead atoms. The van der Waals surface area contributed by atoms with Crippen molar-refractivity contribution in [1.82, 2.24) is 5.32 Å². The van der Waals surface area contributed by atoms with E-state index in [1.54, 1.807) is 31.2 Å². The largest absolute Gasteiger partial charge is 0.427 e. The van der Waals surface area contributed by atoms with Crippen LogP contribution >= 0.6 is 12.0 Å². The van der Waals surface area contributed by atoms with Gasteiger partial charge in [-0.05, 0) is 43.1 Å². The van der Waals surface area contributed by atoms with Crippen molar-refractivity contribution in [3.63, 3.8) is 0 Å². The summed E-state index contributed by atoms with van der Waals surface area (Å²) in [6.07, 6.45) is -0.0922. The summed E-state index contributed by atoms with van der Waals surface area (Å²) in [5, 5.41) is 12.3. The molecule has 0 saturated carbocycles. The minimum absolute atomic E-state index is 0.120. The summed E-state index contributed by atoms with van der Waals surface area (Å²) in [6, 6.07) is 6.17. The maximum absolute atomic E-state index is 11.4. The topological polar surface area (TPSA) is 105 Å². The molecule has 1 aromatic carbocycles. The zero-order valence-corrected chi connectivity index (χ0v) is 13.6. The Kier molecular flexibility index (Phi) is 9.30. The first kappa shape index (κ1) is 19.4. The van der Waals surface area contributed by atoms with Gasteiger partial charge in [-0.3, -0.25) is 9.59 Å². The third-order valence-electron chi connectivity index (χ3n) is 2.97. The normalized spacial score (nSPS) is 13.2. The number of aliphatic hydroxyl groups is 1. The Morgan fingerprint density at radius 3 is 2.65 bits per heavy atom. The first-order valence-electron chi connectivity index (χ1n) is 7.16. The Morgan fingerprint density at radius 2 is 2.09 bits per heavy atom. The Morgan fingerprint density at radius 1 is 1.39 bits per heavy atom. The average molecular weight is 343 g/mol. The number of carbonyl (C=O) groups excluding carboxylic acids is 2. The Balaban J connectivity index is 2.60. The fraction of sp³-hybridized carbons (Fsp3) is 0.467. The Bertz CT molecular complexity index is 481. The van der Waals surface area contributed by atoms with Crippen LogP contribution in [0, 0.1) is 0 Å². The zero-order chi connectivity index (χ0) is 17.1. The molecule has 0 aromatic heterocycles. The van der Waals surface area contributed by atoms with Crippen molar-refractivity contribution in [2.24, 2.45) is 0 Å². The number of hydrogen-bond acceptors (Lipinski definition) is 7. The maximum atomic E-state index is 11.4. The second-order valence-corrected chi connectivity index (χ2v) is 5.31. The van der Waals surface area contributed by atoms with Gasteiger partial charge in [-0.1, -0.05) is 12.1 Å². The molecule has 0 heterocycles. The standard InChI is InChI=1S/C15H21NO6S/c1-2-21-15(19)13(16-10-17)9-11-3-5-12(6-4-11)22-14(18)7-8-23-20/h3-6,10,13,15,19-20H,2,7-9H2,1H3,(H,16,17). The first-order valence-corrected chi connectivity index (χ1v) is 8.10. The van der Waals surface area contributed by atoms with Crippen LogP contribution in [0.4, 0.5) is 0 Å². The third-order valence-corrected chi connectivity index (χ3v) is 3.36. The second-order valence-electron chi connectivity index (χ2n) is 4.64. The number of carbonyl (C=O) groups is 2. The number of hydrogen-bond donors (Lipinski definition) is 3. The predicted octanol–water partition coefficient (Wildman–Crippen LogP) is 1.20. The van der Waals surface area contributed by atoms with E-state index in [9.17, 15) is 14.7 Å². The van der Waals surface area contributed by atoms with E-state index < -0.39 is 18.3 Å². The highest BCUT2D eigenvalue weighted by Crippen LogP contribution is 2.15. The molecule has 0 saturated heterocycles. The zero-order valence-electron chi connectivity index (χ0n) is 12.8. The fourth-order valence-electron chi connectivity index (χ4n) is 1.88. The van der Waals surface area contributed by atoms with Crippen molar-refractivity contribution in [2.45, 2.75) is 32.1 Å². The highest BCUT2D eigenvalue weighted by atomic mass is 32.2. The van der Waals surface area contributed by atoms with Gasteiger partial charge in [-0.25, -0.2) is 0 Å². The van der Waals surface area contributed by atoms with Gasteiger partial charge in [0.15, 0.2) is 6.29 Å². The highest BCUT2D eigenvalue weighted by molar-refractivity contribution is 7.93. The molecule has 0 aliphatic rings. The maximum Gasteiger partial charge on any atom is 0.312 e. The van der Waals surface area contributed by atoms with Crippen LogP contribution < -0.4 is 10.1 Å². The molecular weight excluding hydrogens is 322 g/mol. The van der Waals surface area contributed by atoms with Crippen molar-refractivity contribution in [2.75, 3.05) is 12.4 Å². The number of rotatable bonds is 11. The molecule has 23 heavy (non-hydrogen) atoms. The third kappa shape index (κ3) is 7.47. The van der Waals surface area contributed by atoms with E-state index in [4.69, 9.17) is 14.0 Å². The Hall–Kier alpha value is -1.61. The molecular formula is C15H21NO6S. The molecule has 1 rings (SSSR count). The lowest BCUT2D eigenvalue weighted by molar-refractivity contribution is -0.133. The van der Waals surface area contributed by atoms with Gasteiger partial charge in [0.05, 0.1) is 12.5 Å². The van der Waals surface area contributed by atoms with Crippen molar-refractivity contribution in [3.05, 3.63) is 29.8 Å². The lowest BCUT2D eigenvalue weighted by Crippen LogP contribution is -2.42. The van der Waals surface area contributed by atoms with Crippen molar-refractivity contribution in [1.29, 1.82) is 0 Å². The molecule has 7 nitrogen and oxygen atoms in total. The van der Waals surface area contributed by atoms with Gasteiger partial charge in [0, 0.05) is 12.4 Å². The van der Waals surface area contributed by atoms with E-state index in [0.29, 0.717) is 37.2 Å². The Labute approximate surface area is 139 Å². The van der Waals surface area contributed by atoms with E-state index in [0.717, 1.165) is 5.56 Å². The van der Waals surface area contributed by atoms with Crippen molar-refractivity contribution >= 4 is 24.4 Å². The molecule has 3 N–H and O–H groups in total. The molecule has 2 unspecified atom stereocenters. The number of benzene rings is 1. The summed E-state index contributed by atoms with van der Waals surface area (Å²) in [4.78, 5) is 22.1. The molecule has 0 aliphatic heterocycles. The summed E-state index contributed by atoms with van der Waals surface area (Å²) < 4.78 is 18.8. The van der Waals surface area contributed by atoms with Gasteiger partial charge < -0.3 is 24.4 Å². The minimum atomic E-state index is -1.10. The van der Waals surface area contributed by atoms with Gasteiger partial charge in [0.2, 0.25) is 6.41 Å². The SMILES string of the molecule is CCOC(O)C(Cc1ccc(OC(=O)CCSO)cc1)NC=O.